The molecule has 0 atom stereocenters. The quantitative estimate of drug-likeness (QED) is 0.130. The van der Waals surface area contributed by atoms with Crippen molar-refractivity contribution in [1.82, 2.24) is 9.97 Å². The van der Waals surface area contributed by atoms with Crippen LogP contribution in [0, 0.1) is 18.5 Å². The Kier molecular flexibility index (Phi) is 7.43. The number of para-hydroxylation sites is 2. The number of nitrogens with one attached hydrogen (secondary N) is 1. The first-order chi connectivity index (χ1) is 15.0. The molecular formula is C23H14ClI2N3OS. The second-order valence-corrected chi connectivity index (χ2v) is 10.3. The van der Waals surface area contributed by atoms with Crippen molar-refractivity contribution >= 4 is 85.7 Å². The van der Waals surface area contributed by atoms with Crippen molar-refractivity contribution in [3.63, 3.8) is 0 Å². The fourth-order valence-electron chi connectivity index (χ4n) is 2.85. The highest BCUT2D eigenvalue weighted by molar-refractivity contribution is 14.1. The van der Waals surface area contributed by atoms with Gasteiger partial charge in [0.05, 0.1) is 23.1 Å². The van der Waals surface area contributed by atoms with Gasteiger partial charge in [-0.3, -0.25) is 0 Å². The molecule has 0 aliphatic heterocycles. The maximum absolute atomic E-state index is 9.63. The normalized spacial score (nSPS) is 11.5. The van der Waals surface area contributed by atoms with Crippen LogP contribution in [0.4, 0.5) is 0 Å². The first-order valence-corrected chi connectivity index (χ1v) is 12.5. The monoisotopic (exact) mass is 669 g/mol. The first-order valence-electron chi connectivity index (χ1n) is 9.12. The van der Waals surface area contributed by atoms with Crippen LogP contribution < -0.4 is 4.74 Å². The van der Waals surface area contributed by atoms with E-state index in [1.807, 2.05) is 66.7 Å². The van der Waals surface area contributed by atoms with Crippen molar-refractivity contribution in [2.75, 3.05) is 0 Å². The van der Waals surface area contributed by atoms with Crippen molar-refractivity contribution in [2.24, 2.45) is 0 Å². The van der Waals surface area contributed by atoms with E-state index in [0.717, 1.165) is 35.1 Å². The average Bonchev–Trinajstić information content (AvgIpc) is 3.16. The summed E-state index contributed by atoms with van der Waals surface area (Å²) < 4.78 is 8.01. The molecule has 8 heteroatoms. The second kappa shape index (κ2) is 10.3. The Morgan fingerprint density at radius 1 is 1.13 bits per heavy atom. The Balaban J connectivity index is 1.52. The molecule has 0 amide bonds. The number of imidazole rings is 1. The van der Waals surface area contributed by atoms with Gasteiger partial charge in [-0.05, 0) is 111 Å². The van der Waals surface area contributed by atoms with Gasteiger partial charge >= 0.3 is 0 Å². The molecular weight excluding hydrogens is 656 g/mol. The molecule has 0 fully saturated rings. The number of thioether (sulfide) groups is 1. The number of halogens is 3. The van der Waals surface area contributed by atoms with E-state index in [1.165, 1.54) is 11.8 Å². The van der Waals surface area contributed by atoms with Crippen LogP contribution in [-0.4, -0.2) is 9.97 Å². The zero-order chi connectivity index (χ0) is 21.8. The summed E-state index contributed by atoms with van der Waals surface area (Å²) >= 11 is 11.8. The van der Waals surface area contributed by atoms with Gasteiger partial charge < -0.3 is 9.72 Å². The minimum Gasteiger partial charge on any atom is -0.487 e. The molecule has 31 heavy (non-hydrogen) atoms. The molecule has 1 N–H and O–H groups in total. The van der Waals surface area contributed by atoms with Crippen LogP contribution in [0.2, 0.25) is 5.02 Å². The summed E-state index contributed by atoms with van der Waals surface area (Å²) in [7, 11) is 0. The summed E-state index contributed by atoms with van der Waals surface area (Å²) in [6, 6.07) is 21.7. The van der Waals surface area contributed by atoms with Gasteiger partial charge in [-0.1, -0.05) is 35.9 Å². The summed E-state index contributed by atoms with van der Waals surface area (Å²) in [5.41, 5.74) is 3.82. The number of aromatic amines is 1. The number of H-pyrrole nitrogens is 1. The minimum absolute atomic E-state index is 0.462. The highest BCUT2D eigenvalue weighted by atomic mass is 127. The van der Waals surface area contributed by atoms with E-state index in [9.17, 15) is 5.26 Å². The van der Waals surface area contributed by atoms with Crippen molar-refractivity contribution in [3.8, 4) is 11.8 Å². The zero-order valence-corrected chi connectivity index (χ0v) is 21.8. The van der Waals surface area contributed by atoms with E-state index in [2.05, 4.69) is 61.2 Å². The molecule has 0 aliphatic carbocycles. The number of nitrogens with zero attached hydrogens (tertiary/aromatic N) is 2. The lowest BCUT2D eigenvalue weighted by atomic mass is 10.2. The number of allylic oxidation sites excluding steroid dienone is 1. The minimum atomic E-state index is 0.462. The number of nitriles is 1. The highest BCUT2D eigenvalue weighted by Crippen LogP contribution is 2.32. The molecule has 1 aromatic heterocycles. The molecule has 0 unspecified atom stereocenters. The third-order valence-corrected chi connectivity index (χ3v) is 6.97. The van der Waals surface area contributed by atoms with Crippen LogP contribution in [0.1, 0.15) is 11.1 Å². The molecule has 4 rings (SSSR count). The van der Waals surface area contributed by atoms with Crippen LogP contribution in [0.5, 0.6) is 5.75 Å². The lowest BCUT2D eigenvalue weighted by Gasteiger charge is -2.12. The van der Waals surface area contributed by atoms with Crippen molar-refractivity contribution < 1.29 is 4.74 Å². The van der Waals surface area contributed by atoms with E-state index in [0.29, 0.717) is 21.7 Å². The molecule has 1 heterocycles. The number of hydrogen-bond acceptors (Lipinski definition) is 4. The molecule has 0 saturated carbocycles. The first kappa shape index (κ1) is 22.5. The number of fused-ring (bicyclic) bond motifs is 1. The van der Waals surface area contributed by atoms with E-state index in [4.69, 9.17) is 16.3 Å². The van der Waals surface area contributed by atoms with Crippen LogP contribution in [0.25, 0.3) is 17.1 Å². The summed E-state index contributed by atoms with van der Waals surface area (Å²) in [5.74, 6) is 0.830. The third-order valence-electron chi connectivity index (χ3n) is 4.30. The Labute approximate surface area is 216 Å². The SMILES string of the molecule is N#C/C(=C\c1cc(I)c(OCc2ccc(Cl)cc2)c(I)c1)Sc1nc2ccccc2[nH]1. The summed E-state index contributed by atoms with van der Waals surface area (Å²) in [5, 5.41) is 11.0. The molecule has 0 saturated heterocycles. The van der Waals surface area contributed by atoms with Crippen molar-refractivity contribution in [3.05, 3.63) is 88.9 Å². The highest BCUT2D eigenvalue weighted by Gasteiger charge is 2.11. The largest absolute Gasteiger partial charge is 0.487 e. The Morgan fingerprint density at radius 3 is 2.52 bits per heavy atom. The van der Waals surface area contributed by atoms with Crippen molar-refractivity contribution in [2.45, 2.75) is 11.8 Å². The predicted octanol–water partition coefficient (Wildman–Crippen LogP) is 7.66. The van der Waals surface area contributed by atoms with E-state index >= 15 is 0 Å². The number of hydrogen-bond donors (Lipinski definition) is 1. The number of rotatable bonds is 6. The second-order valence-electron chi connectivity index (χ2n) is 6.51. The van der Waals surface area contributed by atoms with Gasteiger partial charge in [0.2, 0.25) is 0 Å². The Morgan fingerprint density at radius 2 is 1.84 bits per heavy atom. The Hall–Kier alpha value is -1.74. The van der Waals surface area contributed by atoms with E-state index < -0.39 is 0 Å². The van der Waals surface area contributed by atoms with E-state index in [-0.39, 0.29) is 0 Å². The van der Waals surface area contributed by atoms with Crippen LogP contribution >= 0.6 is 68.5 Å². The van der Waals surface area contributed by atoms with Gasteiger partial charge in [-0.2, -0.15) is 5.26 Å². The lowest BCUT2D eigenvalue weighted by molar-refractivity contribution is 0.302. The van der Waals surface area contributed by atoms with Gasteiger partial charge in [0.25, 0.3) is 0 Å². The topological polar surface area (TPSA) is 61.7 Å². The number of benzene rings is 3. The van der Waals surface area contributed by atoms with Gasteiger partial charge in [-0.15, -0.1) is 0 Å². The molecule has 0 bridgehead atoms. The molecule has 4 nitrogen and oxygen atoms in total. The van der Waals surface area contributed by atoms with Gasteiger partial charge in [-0.25, -0.2) is 4.98 Å². The van der Waals surface area contributed by atoms with Gasteiger partial charge in [0.15, 0.2) is 5.16 Å². The maximum Gasteiger partial charge on any atom is 0.171 e. The van der Waals surface area contributed by atoms with Crippen molar-refractivity contribution in [1.29, 1.82) is 5.26 Å². The summed E-state index contributed by atoms with van der Waals surface area (Å²) in [4.78, 5) is 8.33. The fraction of sp³-hybridized carbons (Fsp3) is 0.0435. The van der Waals surface area contributed by atoms with Gasteiger partial charge in [0.1, 0.15) is 18.4 Å². The Bertz CT molecular complexity index is 1260. The smallest absolute Gasteiger partial charge is 0.171 e. The molecule has 0 aliphatic rings. The van der Waals surface area contributed by atoms with Crippen LogP contribution in [0.3, 0.4) is 0 Å². The zero-order valence-electron chi connectivity index (χ0n) is 15.9. The summed E-state index contributed by atoms with van der Waals surface area (Å²) in [6.07, 6.45) is 1.87. The fourth-order valence-corrected chi connectivity index (χ4v) is 5.86. The van der Waals surface area contributed by atoms with Crippen LogP contribution in [0.15, 0.2) is 70.7 Å². The number of ether oxygens (including phenoxy) is 1. The van der Waals surface area contributed by atoms with E-state index in [1.54, 1.807) is 0 Å². The lowest BCUT2D eigenvalue weighted by Crippen LogP contribution is -1.99. The average molecular weight is 670 g/mol. The predicted molar refractivity (Wildman–Crippen MR) is 143 cm³/mol. The van der Waals surface area contributed by atoms with Gasteiger partial charge in [0, 0.05) is 5.02 Å². The summed E-state index contributed by atoms with van der Waals surface area (Å²) in [6.45, 7) is 0.462. The maximum atomic E-state index is 9.63. The molecule has 3 aromatic carbocycles. The number of aromatic nitrogens is 2. The molecule has 0 spiro atoms. The molecule has 4 aromatic rings. The van der Waals surface area contributed by atoms with Crippen LogP contribution in [-0.2, 0) is 6.61 Å². The third kappa shape index (κ3) is 5.74. The molecule has 154 valence electrons. The standard InChI is InChI=1S/C23H14ClI2N3OS/c24-16-7-5-14(6-8-16)13-30-22-18(25)10-15(11-19(22)26)9-17(12-27)31-23-28-20-3-1-2-4-21(20)29-23/h1-11H,13H2,(H,28,29)/b17-9+. The molecule has 0 radical (unpaired) electrons.